The second-order valence-electron chi connectivity index (χ2n) is 10.8. The van der Waals surface area contributed by atoms with Gasteiger partial charge in [0, 0.05) is 48.6 Å². The number of nitrogens with two attached hydrogens (primary N) is 1. The molecule has 0 spiro atoms. The molecule has 1 saturated heterocycles. The molecule has 2 aromatic rings. The second kappa shape index (κ2) is 10.8. The van der Waals surface area contributed by atoms with Crippen molar-refractivity contribution < 1.29 is 9.59 Å². The monoisotopic (exact) mass is 494 g/mol. The van der Waals surface area contributed by atoms with Gasteiger partial charge in [0.15, 0.2) is 0 Å². The molecule has 7 heteroatoms. The Morgan fingerprint density at radius 1 is 1.06 bits per heavy atom. The van der Waals surface area contributed by atoms with Crippen LogP contribution in [0.1, 0.15) is 60.9 Å². The van der Waals surface area contributed by atoms with E-state index >= 15 is 0 Å². The number of rotatable bonds is 8. The molecule has 2 saturated carbocycles. The number of thiophene rings is 1. The maximum Gasteiger partial charge on any atom is 0.243 e. The Morgan fingerprint density at radius 3 is 2.46 bits per heavy atom. The summed E-state index contributed by atoms with van der Waals surface area (Å²) in [6, 6.07) is 13.2. The summed E-state index contributed by atoms with van der Waals surface area (Å²) in [5.41, 5.74) is 8.57. The van der Waals surface area contributed by atoms with Crippen molar-refractivity contribution in [3.63, 3.8) is 0 Å². The Bertz CT molecular complexity index is 996. The molecule has 0 bridgehead atoms. The lowest BCUT2D eigenvalue weighted by atomic mass is 9.91. The van der Waals surface area contributed by atoms with Crippen molar-refractivity contribution in [2.75, 3.05) is 6.54 Å². The van der Waals surface area contributed by atoms with Gasteiger partial charge in [0.05, 0.1) is 0 Å². The van der Waals surface area contributed by atoms with E-state index in [1.54, 1.807) is 11.3 Å². The summed E-state index contributed by atoms with van der Waals surface area (Å²) < 4.78 is 0. The van der Waals surface area contributed by atoms with E-state index in [0.717, 1.165) is 51.6 Å². The summed E-state index contributed by atoms with van der Waals surface area (Å²) >= 11 is 1.76. The average Bonchev–Trinajstić information content (AvgIpc) is 3.39. The van der Waals surface area contributed by atoms with Gasteiger partial charge in [-0.05, 0) is 68.9 Å². The average molecular weight is 495 g/mol. The highest BCUT2D eigenvalue weighted by Gasteiger charge is 2.46. The minimum absolute atomic E-state index is 0.0216. The second-order valence-corrected chi connectivity index (χ2v) is 11.8. The maximum absolute atomic E-state index is 13.5. The summed E-state index contributed by atoms with van der Waals surface area (Å²) in [4.78, 5) is 32.4. The quantitative estimate of drug-likeness (QED) is 0.585. The van der Waals surface area contributed by atoms with Gasteiger partial charge in [-0.15, -0.1) is 11.3 Å². The van der Waals surface area contributed by atoms with Crippen LogP contribution in [0.5, 0.6) is 0 Å². The van der Waals surface area contributed by atoms with Crippen LogP contribution < -0.4 is 11.1 Å². The van der Waals surface area contributed by atoms with E-state index in [-0.39, 0.29) is 41.9 Å². The highest BCUT2D eigenvalue weighted by Crippen LogP contribution is 2.35. The molecule has 3 aliphatic rings. The summed E-state index contributed by atoms with van der Waals surface area (Å²) in [5.74, 6) is 0.303. The minimum atomic E-state index is -0.382. The first-order valence-corrected chi connectivity index (χ1v) is 14.0. The van der Waals surface area contributed by atoms with Gasteiger partial charge in [0.1, 0.15) is 6.04 Å². The maximum atomic E-state index is 13.5. The summed E-state index contributed by atoms with van der Waals surface area (Å²) in [6.45, 7) is 4.37. The first-order chi connectivity index (χ1) is 17.0. The third-order valence-corrected chi connectivity index (χ3v) is 8.73. The number of hydrogen-bond donors (Lipinski definition) is 2. The molecule has 1 aromatic carbocycles. The smallest absolute Gasteiger partial charge is 0.243 e. The summed E-state index contributed by atoms with van der Waals surface area (Å²) in [7, 11) is 0. The van der Waals surface area contributed by atoms with Gasteiger partial charge in [0.2, 0.25) is 11.8 Å². The lowest BCUT2D eigenvalue weighted by Gasteiger charge is -2.30. The number of nitrogens with one attached hydrogen (secondary N) is 1. The van der Waals surface area contributed by atoms with Crippen LogP contribution in [0.25, 0.3) is 0 Å². The lowest BCUT2D eigenvalue weighted by molar-refractivity contribution is -0.139. The molecule has 5 rings (SSSR count). The van der Waals surface area contributed by atoms with Gasteiger partial charge < -0.3 is 16.0 Å². The van der Waals surface area contributed by atoms with Crippen molar-refractivity contribution >= 4 is 23.2 Å². The normalized spacial score (nSPS) is 26.8. The lowest BCUT2D eigenvalue weighted by Crippen LogP contribution is -2.50. The third kappa shape index (κ3) is 6.13. The summed E-state index contributed by atoms with van der Waals surface area (Å²) in [6.07, 6.45) is 6.36. The van der Waals surface area contributed by atoms with Crippen molar-refractivity contribution in [3.05, 3.63) is 57.8 Å². The fraction of sp³-hybridized carbons (Fsp3) is 0.571. The van der Waals surface area contributed by atoms with E-state index in [4.69, 9.17) is 5.73 Å². The fourth-order valence-corrected chi connectivity index (χ4v) is 6.27. The number of carbonyl (C=O) groups excluding carboxylic acids is 2. The molecule has 0 radical (unpaired) electrons. The van der Waals surface area contributed by atoms with Gasteiger partial charge in [-0.3, -0.25) is 14.5 Å². The van der Waals surface area contributed by atoms with E-state index in [0.29, 0.717) is 13.0 Å². The standard InChI is InChI=1S/C28H38N4O2S/c1-19-4-6-20(7-5-19)16-31(18-25-3-2-14-35-25)24-15-26(32(17-24)28(34)21-8-9-21)27(33)30-23-12-10-22(29)11-13-23/h2-7,14,21-24,26H,8-13,15-18,29H2,1H3,(H,30,33). The van der Waals surface area contributed by atoms with Crippen molar-refractivity contribution in [3.8, 4) is 0 Å². The van der Waals surface area contributed by atoms with Crippen molar-refractivity contribution in [2.45, 2.75) is 89.1 Å². The topological polar surface area (TPSA) is 78.7 Å². The molecule has 2 unspecified atom stereocenters. The van der Waals surface area contributed by atoms with Crippen molar-refractivity contribution in [1.82, 2.24) is 15.1 Å². The summed E-state index contributed by atoms with van der Waals surface area (Å²) in [5, 5.41) is 5.40. The first kappa shape index (κ1) is 24.5. The zero-order chi connectivity index (χ0) is 24.4. The molecule has 2 atom stereocenters. The van der Waals surface area contributed by atoms with Crippen LogP contribution in [-0.4, -0.2) is 52.3 Å². The van der Waals surface area contributed by atoms with Gasteiger partial charge in [-0.2, -0.15) is 0 Å². The van der Waals surface area contributed by atoms with Gasteiger partial charge in [0.25, 0.3) is 0 Å². The number of benzene rings is 1. The third-order valence-electron chi connectivity index (χ3n) is 7.87. The Kier molecular flexibility index (Phi) is 7.56. The van der Waals surface area contributed by atoms with E-state index < -0.39 is 0 Å². The van der Waals surface area contributed by atoms with Crippen LogP contribution in [0, 0.1) is 12.8 Å². The van der Waals surface area contributed by atoms with Gasteiger partial charge in [-0.1, -0.05) is 35.9 Å². The molecule has 2 heterocycles. The SMILES string of the molecule is Cc1ccc(CN(Cc2cccs2)C2CC(C(=O)NC3CCC(N)CC3)N(C(=O)C3CC3)C2)cc1. The van der Waals surface area contributed by atoms with E-state index in [1.165, 1.54) is 16.0 Å². The highest BCUT2D eigenvalue weighted by atomic mass is 32.1. The number of carbonyl (C=O) groups is 2. The van der Waals surface area contributed by atoms with Crippen LogP contribution in [0.15, 0.2) is 41.8 Å². The highest BCUT2D eigenvalue weighted by molar-refractivity contribution is 7.09. The number of nitrogens with zero attached hydrogens (tertiary/aromatic N) is 2. The van der Waals surface area contributed by atoms with Gasteiger partial charge >= 0.3 is 0 Å². The van der Waals surface area contributed by atoms with Crippen molar-refractivity contribution in [1.29, 1.82) is 0 Å². The molecule has 188 valence electrons. The number of likely N-dealkylation sites (tertiary alicyclic amines) is 1. The van der Waals surface area contributed by atoms with Crippen LogP contribution in [0.3, 0.4) is 0 Å². The van der Waals surface area contributed by atoms with E-state index in [1.807, 2.05) is 4.90 Å². The van der Waals surface area contributed by atoms with Crippen molar-refractivity contribution in [2.24, 2.45) is 11.7 Å². The predicted octanol–water partition coefficient (Wildman–Crippen LogP) is 3.82. The van der Waals surface area contributed by atoms with Crippen LogP contribution in [-0.2, 0) is 22.7 Å². The fourth-order valence-electron chi connectivity index (χ4n) is 5.54. The molecule has 1 aromatic heterocycles. The van der Waals surface area contributed by atoms with Crippen LogP contribution in [0.4, 0.5) is 0 Å². The molecule has 6 nitrogen and oxygen atoms in total. The molecule has 3 fully saturated rings. The number of hydrogen-bond acceptors (Lipinski definition) is 5. The van der Waals surface area contributed by atoms with E-state index in [2.05, 4.69) is 58.9 Å². The van der Waals surface area contributed by atoms with Crippen LogP contribution >= 0.6 is 11.3 Å². The molecule has 2 aliphatic carbocycles. The molecular formula is C28H38N4O2S. The zero-order valence-corrected chi connectivity index (χ0v) is 21.5. The molecular weight excluding hydrogens is 456 g/mol. The first-order valence-electron chi connectivity index (χ1n) is 13.1. The minimum Gasteiger partial charge on any atom is -0.352 e. The van der Waals surface area contributed by atoms with Gasteiger partial charge in [-0.25, -0.2) is 0 Å². The largest absolute Gasteiger partial charge is 0.352 e. The number of aryl methyl sites for hydroxylation is 1. The number of amides is 2. The Hall–Kier alpha value is -2.22. The Balaban J connectivity index is 1.33. The molecule has 1 aliphatic heterocycles. The molecule has 3 N–H and O–H groups in total. The molecule has 2 amide bonds. The van der Waals surface area contributed by atoms with Crippen LogP contribution in [0.2, 0.25) is 0 Å². The zero-order valence-electron chi connectivity index (χ0n) is 20.7. The van der Waals surface area contributed by atoms with E-state index in [9.17, 15) is 9.59 Å². The predicted molar refractivity (Wildman–Crippen MR) is 140 cm³/mol. The molecule has 35 heavy (non-hydrogen) atoms. The Labute approximate surface area is 212 Å². The Morgan fingerprint density at radius 2 is 1.80 bits per heavy atom.